The molecule has 0 aliphatic carbocycles. The SMILES string of the molecule is CCCn1c(COCC)nc2c(N)nc3ccc(OCCCCCCNC(=O)NC(C)C)cc3c21. The number of nitrogen functional groups attached to an aromatic ring is 1. The number of imidazole rings is 1. The maximum absolute atomic E-state index is 11.6. The summed E-state index contributed by atoms with van der Waals surface area (Å²) < 4.78 is 13.9. The zero-order valence-corrected chi connectivity index (χ0v) is 21.5. The third-order valence-corrected chi connectivity index (χ3v) is 5.68. The summed E-state index contributed by atoms with van der Waals surface area (Å²) >= 11 is 0. The molecule has 2 heterocycles. The van der Waals surface area contributed by atoms with Crippen LogP contribution in [0, 0.1) is 0 Å². The van der Waals surface area contributed by atoms with Crippen LogP contribution in [0.3, 0.4) is 0 Å². The fourth-order valence-electron chi connectivity index (χ4n) is 4.08. The number of amides is 2. The summed E-state index contributed by atoms with van der Waals surface area (Å²) in [6.07, 6.45) is 4.98. The summed E-state index contributed by atoms with van der Waals surface area (Å²) in [5.74, 6) is 2.12. The zero-order valence-electron chi connectivity index (χ0n) is 21.5. The third-order valence-electron chi connectivity index (χ3n) is 5.68. The van der Waals surface area contributed by atoms with E-state index in [4.69, 9.17) is 20.2 Å². The van der Waals surface area contributed by atoms with E-state index in [0.29, 0.717) is 37.7 Å². The van der Waals surface area contributed by atoms with Gasteiger partial charge in [-0.1, -0.05) is 19.8 Å². The second-order valence-corrected chi connectivity index (χ2v) is 9.01. The molecule has 4 N–H and O–H groups in total. The average molecular weight is 485 g/mol. The minimum atomic E-state index is -0.102. The number of aryl methyl sites for hydroxylation is 1. The van der Waals surface area contributed by atoms with E-state index >= 15 is 0 Å². The number of nitrogens with two attached hydrogens (primary N) is 1. The van der Waals surface area contributed by atoms with Crippen molar-refractivity contribution in [2.45, 2.75) is 79.0 Å². The van der Waals surface area contributed by atoms with E-state index < -0.39 is 0 Å². The van der Waals surface area contributed by atoms with Crippen molar-refractivity contribution in [3.8, 4) is 5.75 Å². The molecule has 2 amide bonds. The number of hydrogen-bond acceptors (Lipinski definition) is 6. The van der Waals surface area contributed by atoms with Gasteiger partial charge in [-0.25, -0.2) is 14.8 Å². The molecule has 0 aliphatic heterocycles. The largest absolute Gasteiger partial charge is 0.494 e. The lowest BCUT2D eigenvalue weighted by Gasteiger charge is -2.11. The first kappa shape index (κ1) is 26.5. The van der Waals surface area contributed by atoms with Gasteiger partial charge in [0, 0.05) is 31.1 Å². The summed E-state index contributed by atoms with van der Waals surface area (Å²) in [6.45, 7) is 11.3. The molecule has 0 atom stereocenters. The number of pyridine rings is 1. The van der Waals surface area contributed by atoms with Crippen molar-refractivity contribution in [1.29, 1.82) is 0 Å². The number of anilines is 1. The lowest BCUT2D eigenvalue weighted by molar-refractivity contribution is 0.126. The molecular formula is C26H40N6O3. The number of carbonyl (C=O) groups excluding carboxylic acids is 1. The molecule has 0 saturated heterocycles. The molecule has 2 aromatic heterocycles. The lowest BCUT2D eigenvalue weighted by atomic mass is 10.1. The average Bonchev–Trinajstić information content (AvgIpc) is 3.18. The van der Waals surface area contributed by atoms with Crippen LogP contribution in [0.4, 0.5) is 10.6 Å². The first-order chi connectivity index (χ1) is 16.9. The minimum Gasteiger partial charge on any atom is -0.494 e. The van der Waals surface area contributed by atoms with Crippen LogP contribution >= 0.6 is 0 Å². The fraction of sp³-hybridized carbons (Fsp3) is 0.577. The van der Waals surface area contributed by atoms with Crippen molar-refractivity contribution in [2.24, 2.45) is 0 Å². The van der Waals surface area contributed by atoms with Gasteiger partial charge in [0.1, 0.15) is 23.7 Å². The smallest absolute Gasteiger partial charge is 0.314 e. The number of hydrogen-bond donors (Lipinski definition) is 3. The molecule has 3 rings (SSSR count). The minimum absolute atomic E-state index is 0.102. The normalized spacial score (nSPS) is 11.5. The Balaban J connectivity index is 1.61. The van der Waals surface area contributed by atoms with Crippen LogP contribution in [-0.4, -0.2) is 46.4 Å². The molecule has 0 saturated carbocycles. The molecule has 0 aliphatic rings. The summed E-state index contributed by atoms with van der Waals surface area (Å²) in [5.41, 5.74) is 8.80. The molecule has 35 heavy (non-hydrogen) atoms. The fourth-order valence-corrected chi connectivity index (χ4v) is 4.08. The van der Waals surface area contributed by atoms with E-state index in [1.54, 1.807) is 0 Å². The molecule has 0 bridgehead atoms. The number of carbonyl (C=O) groups is 1. The molecule has 0 radical (unpaired) electrons. The van der Waals surface area contributed by atoms with Crippen LogP contribution in [0.1, 0.15) is 65.6 Å². The van der Waals surface area contributed by atoms with Gasteiger partial charge in [0.05, 0.1) is 17.6 Å². The summed E-state index contributed by atoms with van der Waals surface area (Å²) in [4.78, 5) is 20.9. The molecule has 192 valence electrons. The molecule has 9 nitrogen and oxygen atoms in total. The Morgan fingerprint density at radius 2 is 1.94 bits per heavy atom. The standard InChI is InChI=1S/C26H40N6O3/c1-5-14-32-22(17-34-6-2)31-23-24(32)20-16-19(11-12-21(20)30-25(23)27)35-15-10-8-7-9-13-28-26(33)29-18(3)4/h11-12,16,18H,5-10,13-15,17H2,1-4H3,(H2,27,30)(H2,28,29,33). The number of unbranched alkanes of at least 4 members (excludes halogenated alkanes) is 3. The van der Waals surface area contributed by atoms with Crippen molar-refractivity contribution >= 4 is 33.8 Å². The van der Waals surface area contributed by atoms with Gasteiger partial charge in [0.2, 0.25) is 0 Å². The predicted molar refractivity (Wildman–Crippen MR) is 141 cm³/mol. The number of fused-ring (bicyclic) bond motifs is 3. The molecular weight excluding hydrogens is 444 g/mol. The highest BCUT2D eigenvalue weighted by atomic mass is 16.5. The Bertz CT molecular complexity index is 1110. The highest BCUT2D eigenvalue weighted by molar-refractivity contribution is 6.07. The monoisotopic (exact) mass is 484 g/mol. The van der Waals surface area contributed by atoms with Crippen molar-refractivity contribution in [3.05, 3.63) is 24.0 Å². The van der Waals surface area contributed by atoms with Crippen LogP contribution in [0.25, 0.3) is 21.9 Å². The first-order valence-corrected chi connectivity index (χ1v) is 12.8. The Hall–Kier alpha value is -3.07. The van der Waals surface area contributed by atoms with Gasteiger partial charge in [0.15, 0.2) is 5.82 Å². The third kappa shape index (κ3) is 7.21. The number of benzene rings is 1. The highest BCUT2D eigenvalue weighted by Gasteiger charge is 2.17. The maximum atomic E-state index is 11.6. The van der Waals surface area contributed by atoms with Crippen LogP contribution in [0.5, 0.6) is 5.75 Å². The quantitative estimate of drug-likeness (QED) is 0.284. The second kappa shape index (κ2) is 13.1. The number of nitrogens with one attached hydrogen (secondary N) is 2. The highest BCUT2D eigenvalue weighted by Crippen LogP contribution is 2.31. The molecule has 3 aromatic rings. The van der Waals surface area contributed by atoms with Crippen molar-refractivity contribution in [3.63, 3.8) is 0 Å². The van der Waals surface area contributed by atoms with Crippen LogP contribution in [-0.2, 0) is 17.9 Å². The van der Waals surface area contributed by atoms with Gasteiger partial charge >= 0.3 is 6.03 Å². The van der Waals surface area contributed by atoms with Gasteiger partial charge in [-0.15, -0.1) is 0 Å². The van der Waals surface area contributed by atoms with Crippen LogP contribution in [0.15, 0.2) is 18.2 Å². The van der Waals surface area contributed by atoms with Crippen LogP contribution < -0.4 is 21.1 Å². The maximum Gasteiger partial charge on any atom is 0.314 e. The lowest BCUT2D eigenvalue weighted by Crippen LogP contribution is -2.39. The number of urea groups is 1. The van der Waals surface area contributed by atoms with Gasteiger partial charge in [-0.05, 0) is 58.2 Å². The second-order valence-electron chi connectivity index (χ2n) is 9.01. The van der Waals surface area contributed by atoms with E-state index in [2.05, 4.69) is 27.1 Å². The van der Waals surface area contributed by atoms with Gasteiger partial charge in [0.25, 0.3) is 0 Å². The summed E-state index contributed by atoms with van der Waals surface area (Å²) in [6, 6.07) is 5.99. The van der Waals surface area contributed by atoms with Crippen molar-refractivity contribution in [2.75, 3.05) is 25.5 Å². The van der Waals surface area contributed by atoms with Gasteiger partial charge in [-0.2, -0.15) is 0 Å². The Morgan fingerprint density at radius 3 is 2.69 bits per heavy atom. The number of rotatable bonds is 14. The van der Waals surface area contributed by atoms with Gasteiger partial charge < -0.3 is 30.4 Å². The molecule has 0 fully saturated rings. The van der Waals surface area contributed by atoms with E-state index in [1.807, 2.05) is 39.0 Å². The predicted octanol–water partition coefficient (Wildman–Crippen LogP) is 4.76. The molecule has 0 unspecified atom stereocenters. The zero-order chi connectivity index (χ0) is 25.2. The van der Waals surface area contributed by atoms with Crippen molar-refractivity contribution in [1.82, 2.24) is 25.2 Å². The number of aromatic nitrogens is 3. The molecule has 0 spiro atoms. The summed E-state index contributed by atoms with van der Waals surface area (Å²) in [5, 5.41) is 6.70. The Kier molecular flexibility index (Phi) is 9.96. The van der Waals surface area contributed by atoms with Crippen LogP contribution in [0.2, 0.25) is 0 Å². The van der Waals surface area contributed by atoms with E-state index in [9.17, 15) is 4.79 Å². The topological polar surface area (TPSA) is 116 Å². The van der Waals surface area contributed by atoms with E-state index in [-0.39, 0.29) is 12.1 Å². The molecule has 1 aromatic carbocycles. The number of nitrogens with zero attached hydrogens (tertiary/aromatic N) is 3. The van der Waals surface area contributed by atoms with E-state index in [0.717, 1.165) is 66.6 Å². The van der Waals surface area contributed by atoms with E-state index in [1.165, 1.54) is 0 Å². The Labute approximate surface area is 207 Å². The number of ether oxygens (including phenoxy) is 2. The van der Waals surface area contributed by atoms with Gasteiger partial charge in [-0.3, -0.25) is 0 Å². The first-order valence-electron chi connectivity index (χ1n) is 12.8. The Morgan fingerprint density at radius 1 is 1.14 bits per heavy atom. The van der Waals surface area contributed by atoms with Crippen molar-refractivity contribution < 1.29 is 14.3 Å². The molecule has 9 heteroatoms. The summed E-state index contributed by atoms with van der Waals surface area (Å²) in [7, 11) is 0.